The van der Waals surface area contributed by atoms with Crippen LogP contribution in [0, 0.1) is 5.82 Å². The van der Waals surface area contributed by atoms with Crippen molar-refractivity contribution in [2.45, 2.75) is 13.3 Å². The fourth-order valence-electron chi connectivity index (χ4n) is 1.06. The molecule has 0 fully saturated rings. The molecule has 84 valence electrons. The minimum Gasteiger partial charge on any atom is -0.493 e. The Morgan fingerprint density at radius 1 is 1.47 bits per heavy atom. The highest BCUT2D eigenvalue weighted by Crippen LogP contribution is 2.21. The molecule has 1 rings (SSSR count). The summed E-state index contributed by atoms with van der Waals surface area (Å²) >= 11 is 4.99. The summed E-state index contributed by atoms with van der Waals surface area (Å²) in [4.78, 5) is 0. The Hall–Kier alpha value is -0.220. The molecule has 0 amide bonds. The third kappa shape index (κ3) is 4.89. The molecule has 15 heavy (non-hydrogen) atoms. The molecule has 0 saturated heterocycles. The third-order valence-corrected chi connectivity index (χ3v) is 3.43. The quantitative estimate of drug-likeness (QED) is 0.730. The molecule has 1 nitrogen and oxygen atoms in total. The first-order valence-corrected chi connectivity index (χ1v) is 6.84. The first kappa shape index (κ1) is 12.8. The number of benzene rings is 1. The van der Waals surface area contributed by atoms with Crippen molar-refractivity contribution in [1.29, 1.82) is 0 Å². The van der Waals surface area contributed by atoms with Gasteiger partial charge in [0.05, 0.1) is 11.1 Å². The second-order valence-corrected chi connectivity index (χ2v) is 5.22. The van der Waals surface area contributed by atoms with Gasteiger partial charge in [-0.25, -0.2) is 4.39 Å². The Morgan fingerprint density at radius 2 is 2.27 bits per heavy atom. The Balaban J connectivity index is 2.28. The van der Waals surface area contributed by atoms with Crippen LogP contribution in [0.3, 0.4) is 0 Å². The summed E-state index contributed by atoms with van der Waals surface area (Å²) < 4.78 is 19.0. The normalized spacial score (nSPS) is 10.3. The van der Waals surface area contributed by atoms with Crippen LogP contribution in [0.25, 0.3) is 0 Å². The lowest BCUT2D eigenvalue weighted by molar-refractivity contribution is 0.317. The lowest BCUT2D eigenvalue weighted by Crippen LogP contribution is -1.99. The molecule has 0 bridgehead atoms. The molecule has 0 radical (unpaired) electrons. The van der Waals surface area contributed by atoms with Crippen molar-refractivity contribution in [2.75, 3.05) is 18.1 Å². The van der Waals surface area contributed by atoms with Crippen molar-refractivity contribution in [2.24, 2.45) is 0 Å². The van der Waals surface area contributed by atoms with Gasteiger partial charge in [0.2, 0.25) is 0 Å². The summed E-state index contributed by atoms with van der Waals surface area (Å²) in [5.41, 5.74) is 0. The van der Waals surface area contributed by atoms with E-state index < -0.39 is 0 Å². The molecule has 0 aromatic heterocycles. The average molecular weight is 293 g/mol. The number of halogens is 2. The molecule has 0 aliphatic rings. The van der Waals surface area contributed by atoms with Crippen LogP contribution in [0.2, 0.25) is 0 Å². The Bertz CT molecular complexity index is 307. The fourth-order valence-corrected chi connectivity index (χ4v) is 1.92. The molecule has 0 unspecified atom stereocenters. The number of hydrogen-bond donors (Lipinski definition) is 0. The van der Waals surface area contributed by atoms with Gasteiger partial charge in [-0.15, -0.1) is 0 Å². The van der Waals surface area contributed by atoms with Gasteiger partial charge in [-0.3, -0.25) is 0 Å². The second-order valence-electron chi connectivity index (χ2n) is 2.97. The topological polar surface area (TPSA) is 9.23 Å². The van der Waals surface area contributed by atoms with Gasteiger partial charge in [-0.05, 0) is 46.0 Å². The molecule has 1 aromatic carbocycles. The Kier molecular flexibility index (Phi) is 6.10. The SMILES string of the molecule is CCSCCCOc1ccc(Br)c(F)c1. The van der Waals surface area contributed by atoms with E-state index in [1.807, 2.05) is 11.8 Å². The zero-order valence-electron chi connectivity index (χ0n) is 8.63. The largest absolute Gasteiger partial charge is 0.493 e. The maximum Gasteiger partial charge on any atom is 0.141 e. The molecule has 0 heterocycles. The van der Waals surface area contributed by atoms with Gasteiger partial charge in [0.15, 0.2) is 0 Å². The van der Waals surface area contributed by atoms with E-state index in [2.05, 4.69) is 22.9 Å². The van der Waals surface area contributed by atoms with Crippen LogP contribution in [0.4, 0.5) is 4.39 Å². The van der Waals surface area contributed by atoms with Gasteiger partial charge < -0.3 is 4.74 Å². The van der Waals surface area contributed by atoms with E-state index >= 15 is 0 Å². The number of hydrogen-bond acceptors (Lipinski definition) is 2. The van der Waals surface area contributed by atoms with Gasteiger partial charge in [0, 0.05) is 6.07 Å². The maximum absolute atomic E-state index is 13.1. The summed E-state index contributed by atoms with van der Waals surface area (Å²) in [5, 5.41) is 0. The van der Waals surface area contributed by atoms with Crippen molar-refractivity contribution < 1.29 is 9.13 Å². The zero-order valence-corrected chi connectivity index (χ0v) is 11.0. The van der Waals surface area contributed by atoms with E-state index in [4.69, 9.17) is 4.74 Å². The molecule has 0 aliphatic heterocycles. The fraction of sp³-hybridized carbons (Fsp3) is 0.455. The summed E-state index contributed by atoms with van der Waals surface area (Å²) in [6.07, 6.45) is 0.996. The van der Waals surface area contributed by atoms with Crippen LogP contribution in [0.5, 0.6) is 5.75 Å². The van der Waals surface area contributed by atoms with Crippen molar-refractivity contribution in [3.05, 3.63) is 28.5 Å². The van der Waals surface area contributed by atoms with E-state index in [1.54, 1.807) is 12.1 Å². The second kappa shape index (κ2) is 7.12. The minimum atomic E-state index is -0.282. The van der Waals surface area contributed by atoms with Gasteiger partial charge >= 0.3 is 0 Å². The van der Waals surface area contributed by atoms with E-state index in [0.29, 0.717) is 16.8 Å². The highest BCUT2D eigenvalue weighted by atomic mass is 79.9. The smallest absolute Gasteiger partial charge is 0.141 e. The summed E-state index contributed by atoms with van der Waals surface area (Å²) in [6.45, 7) is 2.78. The molecule has 0 atom stereocenters. The van der Waals surface area contributed by atoms with Crippen LogP contribution in [0.15, 0.2) is 22.7 Å². The molecule has 0 spiro atoms. The molecule has 0 N–H and O–H groups in total. The molecular weight excluding hydrogens is 279 g/mol. The van der Waals surface area contributed by atoms with Crippen LogP contribution < -0.4 is 4.74 Å². The van der Waals surface area contributed by atoms with Crippen molar-refractivity contribution >= 4 is 27.7 Å². The molecule has 0 aliphatic carbocycles. The van der Waals surface area contributed by atoms with E-state index in [1.165, 1.54) is 6.07 Å². The van der Waals surface area contributed by atoms with Crippen LogP contribution in [-0.2, 0) is 0 Å². The average Bonchev–Trinajstić information content (AvgIpc) is 2.23. The number of ether oxygens (including phenoxy) is 1. The highest BCUT2D eigenvalue weighted by Gasteiger charge is 2.00. The van der Waals surface area contributed by atoms with Gasteiger partial charge in [-0.2, -0.15) is 11.8 Å². The number of rotatable bonds is 6. The van der Waals surface area contributed by atoms with Crippen molar-refractivity contribution in [3.63, 3.8) is 0 Å². The number of thioether (sulfide) groups is 1. The summed E-state index contributed by atoms with van der Waals surface area (Å²) in [5.74, 6) is 2.54. The first-order chi connectivity index (χ1) is 7.24. The molecule has 4 heteroatoms. The molecule has 1 aromatic rings. The standard InChI is InChI=1S/C11H14BrFOS/c1-2-15-7-3-6-14-9-4-5-10(12)11(13)8-9/h4-5,8H,2-3,6-7H2,1H3. The first-order valence-electron chi connectivity index (χ1n) is 4.89. The summed E-state index contributed by atoms with van der Waals surface area (Å²) in [7, 11) is 0. The highest BCUT2D eigenvalue weighted by molar-refractivity contribution is 9.10. The molecular formula is C11H14BrFOS. The van der Waals surface area contributed by atoms with Crippen LogP contribution in [-0.4, -0.2) is 18.1 Å². The van der Waals surface area contributed by atoms with Gasteiger partial charge in [0.25, 0.3) is 0 Å². The summed E-state index contributed by atoms with van der Waals surface area (Å²) in [6, 6.07) is 4.82. The predicted molar refractivity (Wildman–Crippen MR) is 67.2 cm³/mol. The minimum absolute atomic E-state index is 0.282. The lowest BCUT2D eigenvalue weighted by atomic mass is 10.3. The van der Waals surface area contributed by atoms with Crippen LogP contribution >= 0.6 is 27.7 Å². The van der Waals surface area contributed by atoms with Crippen molar-refractivity contribution in [3.8, 4) is 5.75 Å². The third-order valence-electron chi connectivity index (χ3n) is 1.80. The lowest BCUT2D eigenvalue weighted by Gasteiger charge is -2.06. The van der Waals surface area contributed by atoms with E-state index in [-0.39, 0.29) is 5.82 Å². The predicted octanol–water partition coefficient (Wildman–Crippen LogP) is 4.11. The van der Waals surface area contributed by atoms with Gasteiger partial charge in [-0.1, -0.05) is 6.92 Å². The van der Waals surface area contributed by atoms with Crippen molar-refractivity contribution in [1.82, 2.24) is 0 Å². The van der Waals surface area contributed by atoms with E-state index in [0.717, 1.165) is 17.9 Å². The zero-order chi connectivity index (χ0) is 11.1. The van der Waals surface area contributed by atoms with E-state index in [9.17, 15) is 4.39 Å². The monoisotopic (exact) mass is 292 g/mol. The van der Waals surface area contributed by atoms with Crippen LogP contribution in [0.1, 0.15) is 13.3 Å². The molecule has 0 saturated carbocycles. The Labute approximate surface area is 103 Å². The maximum atomic E-state index is 13.1. The Morgan fingerprint density at radius 3 is 2.93 bits per heavy atom. The van der Waals surface area contributed by atoms with Gasteiger partial charge in [0.1, 0.15) is 11.6 Å².